The van der Waals surface area contributed by atoms with Crippen LogP contribution in [-0.2, 0) is 17.6 Å². The Hall–Kier alpha value is -2.63. The van der Waals surface area contributed by atoms with Crippen LogP contribution in [0.15, 0.2) is 72.8 Å². The van der Waals surface area contributed by atoms with E-state index in [9.17, 15) is 0 Å². The Morgan fingerprint density at radius 3 is 2.24 bits per heavy atom. The van der Waals surface area contributed by atoms with E-state index in [2.05, 4.69) is 119 Å². The predicted octanol–water partition coefficient (Wildman–Crippen LogP) is 7.92. The molecule has 1 atom stereocenters. The van der Waals surface area contributed by atoms with E-state index in [0.717, 1.165) is 38.0 Å². The summed E-state index contributed by atoms with van der Waals surface area (Å²) in [5.74, 6) is 1.00. The number of nitrogens with one attached hydrogen (secondary N) is 1. The molecule has 0 amide bonds. The van der Waals surface area contributed by atoms with Gasteiger partial charge in [-0.05, 0) is 76.4 Å². The number of aryl methyl sites for hydroxylation is 1. The molecule has 0 aromatic heterocycles. The summed E-state index contributed by atoms with van der Waals surface area (Å²) in [6, 6.07) is 26.0. The van der Waals surface area contributed by atoms with Crippen LogP contribution in [0.4, 0.5) is 0 Å². The molecule has 3 rings (SSSR count). The molecule has 0 aliphatic carbocycles. The lowest BCUT2D eigenvalue weighted by Crippen LogP contribution is -2.49. The number of benzene rings is 3. The maximum atomic E-state index is 6.05. The standard InChI is InChI=1S/C33H45NO2SSi/c1-8-29(19-17-25-13-10-9-11-14-25)36-32(37)34-22-21-26-15-12-16-27(23-26)28-18-20-31(30(24-28)35-5)38(6,7)33(2,3)4/h9-16,18,20,23-24,29H,8,17,19,21-22H2,1-7H3,(H,34,37). The molecular weight excluding hydrogens is 503 g/mol. The second-order valence-corrected chi connectivity index (χ2v) is 17.3. The molecule has 0 saturated carbocycles. The fourth-order valence-corrected chi connectivity index (χ4v) is 6.85. The van der Waals surface area contributed by atoms with Crippen molar-refractivity contribution in [2.75, 3.05) is 13.7 Å². The number of thiocarbonyl (C=S) groups is 1. The second-order valence-electron chi connectivity index (χ2n) is 11.6. The maximum absolute atomic E-state index is 6.05. The zero-order valence-electron chi connectivity index (χ0n) is 24.3. The second kappa shape index (κ2) is 13.4. The summed E-state index contributed by atoms with van der Waals surface area (Å²) in [6.45, 7) is 14.8. The minimum absolute atomic E-state index is 0.128. The maximum Gasteiger partial charge on any atom is 0.256 e. The van der Waals surface area contributed by atoms with Gasteiger partial charge in [0.15, 0.2) is 0 Å². The summed E-state index contributed by atoms with van der Waals surface area (Å²) < 4.78 is 11.9. The average molecular weight is 548 g/mol. The fraction of sp³-hybridized carbons (Fsp3) is 0.424. The lowest BCUT2D eigenvalue weighted by atomic mass is 10.0. The van der Waals surface area contributed by atoms with Crippen molar-refractivity contribution >= 4 is 30.7 Å². The van der Waals surface area contributed by atoms with Crippen LogP contribution in [0.1, 0.15) is 51.7 Å². The van der Waals surface area contributed by atoms with E-state index in [0.29, 0.717) is 5.17 Å². The van der Waals surface area contributed by atoms with Crippen molar-refractivity contribution < 1.29 is 9.47 Å². The van der Waals surface area contributed by atoms with Gasteiger partial charge in [-0.3, -0.25) is 0 Å². The number of hydrogen-bond donors (Lipinski definition) is 1. The molecule has 3 aromatic rings. The van der Waals surface area contributed by atoms with Crippen molar-refractivity contribution in [1.29, 1.82) is 0 Å². The quantitative estimate of drug-likeness (QED) is 0.195. The highest BCUT2D eigenvalue weighted by Gasteiger charge is 2.38. The van der Waals surface area contributed by atoms with Gasteiger partial charge in [-0.1, -0.05) is 108 Å². The molecule has 1 unspecified atom stereocenters. The SMILES string of the molecule is CCC(CCc1ccccc1)OC(=S)NCCc1cccc(-c2ccc([Si](C)(C)C(C)(C)C)c(OC)c2)c1. The number of ether oxygens (including phenoxy) is 2. The van der Waals surface area contributed by atoms with Crippen molar-refractivity contribution in [2.24, 2.45) is 0 Å². The largest absolute Gasteiger partial charge is 0.497 e. The third-order valence-corrected chi connectivity index (χ3v) is 13.8. The van der Waals surface area contributed by atoms with Gasteiger partial charge in [0, 0.05) is 6.54 Å². The van der Waals surface area contributed by atoms with Gasteiger partial charge in [-0.2, -0.15) is 0 Å². The normalized spacial score (nSPS) is 12.6. The first kappa shape index (κ1) is 29.9. The molecule has 0 heterocycles. The molecule has 0 aliphatic heterocycles. The van der Waals surface area contributed by atoms with Crippen LogP contribution < -0.4 is 15.2 Å². The first-order chi connectivity index (χ1) is 18.0. The van der Waals surface area contributed by atoms with E-state index in [-0.39, 0.29) is 11.1 Å². The predicted molar refractivity (Wildman–Crippen MR) is 169 cm³/mol. The highest BCUT2D eigenvalue weighted by molar-refractivity contribution is 7.80. The molecule has 0 aliphatic rings. The van der Waals surface area contributed by atoms with Crippen molar-refractivity contribution in [1.82, 2.24) is 5.32 Å². The Bertz CT molecular complexity index is 1190. The number of hydrogen-bond acceptors (Lipinski definition) is 3. The van der Waals surface area contributed by atoms with E-state index < -0.39 is 8.07 Å². The van der Waals surface area contributed by atoms with E-state index in [1.807, 2.05) is 0 Å². The van der Waals surface area contributed by atoms with Gasteiger partial charge in [0.2, 0.25) is 0 Å². The third-order valence-electron chi connectivity index (χ3n) is 8.02. The molecule has 5 heteroatoms. The molecular formula is C33H45NO2SSi. The zero-order chi connectivity index (χ0) is 27.8. The summed E-state index contributed by atoms with van der Waals surface area (Å²) in [5.41, 5.74) is 4.98. The van der Waals surface area contributed by atoms with E-state index >= 15 is 0 Å². The van der Waals surface area contributed by atoms with Gasteiger partial charge in [0.1, 0.15) is 11.9 Å². The Morgan fingerprint density at radius 1 is 0.895 bits per heavy atom. The van der Waals surface area contributed by atoms with Gasteiger partial charge in [-0.25, -0.2) is 0 Å². The molecule has 0 fully saturated rings. The van der Waals surface area contributed by atoms with Crippen molar-refractivity contribution in [3.63, 3.8) is 0 Å². The molecule has 204 valence electrons. The molecule has 0 bridgehead atoms. The summed E-state index contributed by atoms with van der Waals surface area (Å²) in [4.78, 5) is 0. The lowest BCUT2D eigenvalue weighted by molar-refractivity contribution is 0.171. The Balaban J connectivity index is 1.58. The van der Waals surface area contributed by atoms with Crippen LogP contribution in [0.2, 0.25) is 18.1 Å². The minimum Gasteiger partial charge on any atom is -0.497 e. The molecule has 0 radical (unpaired) electrons. The number of rotatable bonds is 11. The van der Waals surface area contributed by atoms with Crippen molar-refractivity contribution in [3.05, 3.63) is 83.9 Å². The van der Waals surface area contributed by atoms with Crippen LogP contribution in [0.25, 0.3) is 11.1 Å². The summed E-state index contributed by atoms with van der Waals surface area (Å²) in [7, 11) is 0.0806. The zero-order valence-corrected chi connectivity index (χ0v) is 26.1. The van der Waals surface area contributed by atoms with E-state index in [1.165, 1.54) is 27.4 Å². The van der Waals surface area contributed by atoms with Crippen LogP contribution in [0.5, 0.6) is 5.75 Å². The van der Waals surface area contributed by atoms with E-state index in [4.69, 9.17) is 21.7 Å². The van der Waals surface area contributed by atoms with Gasteiger partial charge in [-0.15, -0.1) is 0 Å². The van der Waals surface area contributed by atoms with Gasteiger partial charge < -0.3 is 14.8 Å². The Kier molecular flexibility index (Phi) is 10.6. The van der Waals surface area contributed by atoms with Gasteiger partial charge in [0.25, 0.3) is 5.17 Å². The van der Waals surface area contributed by atoms with Crippen LogP contribution in [0.3, 0.4) is 0 Å². The van der Waals surface area contributed by atoms with Crippen LogP contribution in [0, 0.1) is 0 Å². The average Bonchev–Trinajstić information content (AvgIpc) is 2.90. The molecule has 1 N–H and O–H groups in total. The van der Waals surface area contributed by atoms with Crippen LogP contribution in [-0.4, -0.2) is 33.0 Å². The lowest BCUT2D eigenvalue weighted by Gasteiger charge is -2.38. The molecule has 0 saturated heterocycles. The van der Waals surface area contributed by atoms with E-state index in [1.54, 1.807) is 7.11 Å². The summed E-state index contributed by atoms with van der Waals surface area (Å²) in [5, 5.41) is 5.42. The summed E-state index contributed by atoms with van der Waals surface area (Å²) >= 11 is 5.50. The summed E-state index contributed by atoms with van der Waals surface area (Å²) in [6.07, 6.45) is 3.90. The highest BCUT2D eigenvalue weighted by atomic mass is 32.1. The highest BCUT2D eigenvalue weighted by Crippen LogP contribution is 2.38. The first-order valence-electron chi connectivity index (χ1n) is 13.8. The number of methoxy groups -OCH3 is 1. The topological polar surface area (TPSA) is 30.5 Å². The van der Waals surface area contributed by atoms with Crippen molar-refractivity contribution in [2.45, 2.75) is 77.6 Å². The minimum atomic E-state index is -1.70. The fourth-order valence-electron chi connectivity index (χ4n) is 4.52. The molecule has 3 aromatic carbocycles. The molecule has 0 spiro atoms. The third kappa shape index (κ3) is 7.94. The smallest absolute Gasteiger partial charge is 0.256 e. The molecule has 3 nitrogen and oxygen atoms in total. The van der Waals surface area contributed by atoms with Crippen molar-refractivity contribution in [3.8, 4) is 16.9 Å². The Labute approximate surface area is 237 Å². The first-order valence-corrected chi connectivity index (χ1v) is 17.2. The monoisotopic (exact) mass is 547 g/mol. The van der Waals surface area contributed by atoms with Crippen LogP contribution >= 0.6 is 12.2 Å². The Morgan fingerprint density at radius 2 is 1.58 bits per heavy atom. The van der Waals surface area contributed by atoms with Gasteiger partial charge >= 0.3 is 0 Å². The molecule has 38 heavy (non-hydrogen) atoms. The van der Waals surface area contributed by atoms with Gasteiger partial charge in [0.05, 0.1) is 15.2 Å².